The molecule has 0 radical (unpaired) electrons. The number of urea groups is 1. The first kappa shape index (κ1) is 12.5. The lowest BCUT2D eigenvalue weighted by atomic mass is 10.1. The van der Waals surface area contributed by atoms with Crippen molar-refractivity contribution >= 4 is 27.8 Å². The van der Waals surface area contributed by atoms with Crippen LogP contribution in [0.5, 0.6) is 0 Å². The van der Waals surface area contributed by atoms with E-state index in [9.17, 15) is 10.0 Å². The van der Waals surface area contributed by atoms with Gasteiger partial charge in [-0.1, -0.05) is 24.3 Å². The minimum absolute atomic E-state index is 0.184. The number of hydrogen-bond donors (Lipinski definition) is 3. The summed E-state index contributed by atoms with van der Waals surface area (Å²) in [6.07, 6.45) is 0.550. The maximum absolute atomic E-state index is 10.8. The van der Waals surface area contributed by atoms with Gasteiger partial charge in [0.15, 0.2) is 0 Å². The molecule has 4 N–H and O–H groups in total. The Labute approximate surface area is 115 Å². The van der Waals surface area contributed by atoms with Gasteiger partial charge in [-0.2, -0.15) is 0 Å². The topological polar surface area (TPSA) is 82.3 Å². The molecule has 0 spiro atoms. The minimum atomic E-state index is -0.835. The highest BCUT2D eigenvalue weighted by atomic mass is 16.5. The maximum atomic E-state index is 10.8. The summed E-state index contributed by atoms with van der Waals surface area (Å²) < 4.78 is 0. The zero-order valence-corrected chi connectivity index (χ0v) is 10.8. The first-order valence-corrected chi connectivity index (χ1v) is 6.40. The highest BCUT2D eigenvalue weighted by Gasteiger charge is 2.07. The summed E-state index contributed by atoms with van der Waals surface area (Å²) in [7, 11) is 0. The van der Waals surface area contributed by atoms with Gasteiger partial charge in [0.2, 0.25) is 0 Å². The van der Waals surface area contributed by atoms with Crippen molar-refractivity contribution in [2.45, 2.75) is 6.42 Å². The molecule has 0 bridgehead atoms. The van der Waals surface area contributed by atoms with Gasteiger partial charge < -0.3 is 10.7 Å². The number of carbonyl (C=O) groups is 1. The Hall–Kier alpha value is -2.53. The van der Waals surface area contributed by atoms with Crippen LogP contribution in [0.4, 0.5) is 4.79 Å². The van der Waals surface area contributed by atoms with Crippen LogP contribution >= 0.6 is 0 Å². The number of benzene rings is 2. The number of rotatable bonds is 3. The molecular formula is C15H15N3O2. The van der Waals surface area contributed by atoms with Crippen molar-refractivity contribution in [1.29, 1.82) is 0 Å². The van der Waals surface area contributed by atoms with Crippen LogP contribution in [0.3, 0.4) is 0 Å². The molecule has 0 saturated carbocycles. The van der Waals surface area contributed by atoms with E-state index < -0.39 is 6.03 Å². The molecule has 5 nitrogen and oxygen atoms in total. The van der Waals surface area contributed by atoms with E-state index in [4.69, 9.17) is 5.73 Å². The van der Waals surface area contributed by atoms with Crippen molar-refractivity contribution in [1.82, 2.24) is 10.0 Å². The highest BCUT2D eigenvalue weighted by Crippen LogP contribution is 2.26. The highest BCUT2D eigenvalue weighted by molar-refractivity contribution is 6.07. The summed E-state index contributed by atoms with van der Waals surface area (Å²) in [6, 6.07) is 13.3. The minimum Gasteiger partial charge on any atom is -0.355 e. The first-order valence-electron chi connectivity index (χ1n) is 6.40. The molecule has 0 fully saturated rings. The number of amides is 2. The Morgan fingerprint density at radius 3 is 2.70 bits per heavy atom. The van der Waals surface area contributed by atoms with Crippen LogP contribution in [0.25, 0.3) is 21.8 Å². The molecule has 0 atom stereocenters. The smallest absolute Gasteiger partial charge is 0.338 e. The summed E-state index contributed by atoms with van der Waals surface area (Å²) in [6.45, 7) is 0.184. The maximum Gasteiger partial charge on any atom is 0.338 e. The number of nitrogens with two attached hydrogens (primary N) is 1. The monoisotopic (exact) mass is 269 g/mol. The average molecular weight is 269 g/mol. The molecule has 0 aliphatic heterocycles. The number of carbonyl (C=O) groups excluding carboxylic acids is 1. The Balaban J connectivity index is 1.93. The molecule has 1 aromatic heterocycles. The number of fused-ring (bicyclic) bond motifs is 3. The molecule has 0 saturated heterocycles. The van der Waals surface area contributed by atoms with Gasteiger partial charge in [0.1, 0.15) is 0 Å². The normalized spacial score (nSPS) is 11.1. The summed E-state index contributed by atoms with van der Waals surface area (Å²) >= 11 is 0. The van der Waals surface area contributed by atoms with E-state index in [-0.39, 0.29) is 6.54 Å². The predicted octanol–water partition coefficient (Wildman–Crippen LogP) is 2.63. The Morgan fingerprint density at radius 1 is 1.15 bits per heavy atom. The van der Waals surface area contributed by atoms with Gasteiger partial charge in [0.05, 0.1) is 6.54 Å². The molecule has 1 heterocycles. The number of aromatic nitrogens is 1. The van der Waals surface area contributed by atoms with E-state index in [2.05, 4.69) is 17.1 Å². The van der Waals surface area contributed by atoms with Crippen LogP contribution in [0, 0.1) is 0 Å². The number of hydroxylamine groups is 2. The van der Waals surface area contributed by atoms with Crippen LogP contribution in [0.15, 0.2) is 42.5 Å². The van der Waals surface area contributed by atoms with Gasteiger partial charge in [0, 0.05) is 21.8 Å². The lowest BCUT2D eigenvalue weighted by molar-refractivity contribution is -0.0382. The average Bonchev–Trinajstić information content (AvgIpc) is 2.82. The molecule has 5 heteroatoms. The second kappa shape index (κ2) is 4.86. The predicted molar refractivity (Wildman–Crippen MR) is 77.6 cm³/mol. The van der Waals surface area contributed by atoms with Crippen molar-refractivity contribution in [2.24, 2.45) is 5.73 Å². The van der Waals surface area contributed by atoms with Gasteiger partial charge in [0.25, 0.3) is 0 Å². The Bertz CT molecular complexity index is 779. The van der Waals surface area contributed by atoms with Gasteiger partial charge in [-0.3, -0.25) is 5.21 Å². The number of aromatic amines is 1. The van der Waals surface area contributed by atoms with Crippen molar-refractivity contribution in [3.8, 4) is 0 Å². The van der Waals surface area contributed by atoms with E-state index in [1.54, 1.807) is 0 Å². The van der Waals surface area contributed by atoms with Gasteiger partial charge in [-0.05, 0) is 30.2 Å². The zero-order valence-electron chi connectivity index (χ0n) is 10.8. The number of para-hydroxylation sites is 1. The Kier molecular flexibility index (Phi) is 3.04. The number of nitrogens with zero attached hydrogens (tertiary/aromatic N) is 1. The second-order valence-corrected chi connectivity index (χ2v) is 4.76. The number of primary amides is 1. The Morgan fingerprint density at radius 2 is 1.90 bits per heavy atom. The van der Waals surface area contributed by atoms with E-state index in [1.165, 1.54) is 5.39 Å². The number of hydrogen-bond acceptors (Lipinski definition) is 2. The van der Waals surface area contributed by atoms with E-state index in [0.29, 0.717) is 11.5 Å². The lowest BCUT2D eigenvalue weighted by Crippen LogP contribution is -2.34. The number of nitrogens with one attached hydrogen (secondary N) is 1. The van der Waals surface area contributed by atoms with E-state index in [0.717, 1.165) is 22.0 Å². The fourth-order valence-electron chi connectivity index (χ4n) is 2.40. The van der Waals surface area contributed by atoms with Crippen LogP contribution in [-0.2, 0) is 6.42 Å². The first-order chi connectivity index (χ1) is 9.65. The van der Waals surface area contributed by atoms with E-state index in [1.807, 2.05) is 30.3 Å². The van der Waals surface area contributed by atoms with Crippen molar-refractivity contribution in [2.75, 3.05) is 6.54 Å². The number of H-pyrrole nitrogens is 1. The fraction of sp³-hybridized carbons (Fsp3) is 0.133. The van der Waals surface area contributed by atoms with Crippen LogP contribution < -0.4 is 5.73 Å². The van der Waals surface area contributed by atoms with Gasteiger partial charge in [-0.25, -0.2) is 9.86 Å². The molecule has 0 aliphatic carbocycles. The lowest BCUT2D eigenvalue weighted by Gasteiger charge is -2.11. The third-order valence-corrected chi connectivity index (χ3v) is 3.44. The van der Waals surface area contributed by atoms with Crippen LogP contribution in [0.1, 0.15) is 5.56 Å². The van der Waals surface area contributed by atoms with Gasteiger partial charge in [-0.15, -0.1) is 0 Å². The standard InChI is InChI=1S/C15H15N3O2/c16-15(19)18(20)8-7-10-5-6-14-12(9-10)11-3-1-2-4-13(11)17-14/h1-6,9,17,20H,7-8H2,(H2,16,19). The fourth-order valence-corrected chi connectivity index (χ4v) is 2.40. The molecule has 102 valence electrons. The summed E-state index contributed by atoms with van der Waals surface area (Å²) in [5, 5.41) is 12.1. The SMILES string of the molecule is NC(=O)N(O)CCc1ccc2[nH]c3ccccc3c2c1. The third-order valence-electron chi connectivity index (χ3n) is 3.44. The van der Waals surface area contributed by atoms with Gasteiger partial charge >= 0.3 is 6.03 Å². The van der Waals surface area contributed by atoms with Crippen LogP contribution in [0.2, 0.25) is 0 Å². The van der Waals surface area contributed by atoms with Crippen molar-refractivity contribution in [3.63, 3.8) is 0 Å². The quantitative estimate of drug-likeness (QED) is 0.504. The molecular weight excluding hydrogens is 254 g/mol. The summed E-state index contributed by atoms with van der Waals surface area (Å²) in [5.74, 6) is 0. The molecule has 2 aromatic carbocycles. The van der Waals surface area contributed by atoms with Crippen molar-refractivity contribution < 1.29 is 10.0 Å². The summed E-state index contributed by atoms with van der Waals surface area (Å²) in [4.78, 5) is 14.1. The largest absolute Gasteiger partial charge is 0.355 e. The molecule has 20 heavy (non-hydrogen) atoms. The molecule has 3 rings (SSSR count). The molecule has 0 unspecified atom stereocenters. The molecule has 3 aromatic rings. The van der Waals surface area contributed by atoms with Crippen molar-refractivity contribution in [3.05, 3.63) is 48.0 Å². The molecule has 2 amide bonds. The summed E-state index contributed by atoms with van der Waals surface area (Å²) in [5.41, 5.74) is 8.20. The van der Waals surface area contributed by atoms with E-state index >= 15 is 0 Å². The second-order valence-electron chi connectivity index (χ2n) is 4.76. The zero-order chi connectivity index (χ0) is 14.1. The van der Waals surface area contributed by atoms with Crippen LogP contribution in [-0.4, -0.2) is 27.8 Å². The third kappa shape index (κ3) is 2.19. The molecule has 0 aliphatic rings.